The molecule has 41 heavy (non-hydrogen) atoms. The molecule has 1 spiro atoms. The van der Waals surface area contributed by atoms with Gasteiger partial charge in [0.05, 0.1) is 5.41 Å². The van der Waals surface area contributed by atoms with Crippen LogP contribution in [0.25, 0.3) is 38.4 Å². The first kappa shape index (κ1) is 30.8. The maximum atomic E-state index is 6.69. The molecule has 4 aromatic carbocycles. The van der Waals surface area contributed by atoms with Gasteiger partial charge in [0.15, 0.2) is 0 Å². The molecule has 5 aromatic rings. The van der Waals surface area contributed by atoms with Crippen molar-refractivity contribution < 1.29 is 0 Å². The first-order valence-corrected chi connectivity index (χ1v) is 16.5. The zero-order chi connectivity index (χ0) is 29.7. The Balaban J connectivity index is 0.000000512. The van der Waals surface area contributed by atoms with Crippen molar-refractivity contribution in [1.29, 1.82) is 0 Å². The topological polar surface area (TPSA) is 0 Å². The summed E-state index contributed by atoms with van der Waals surface area (Å²) in [5.41, 5.74) is 11.8. The third kappa shape index (κ3) is 4.68. The molecular formula is C39H43ClS. The molecule has 0 saturated heterocycles. The van der Waals surface area contributed by atoms with Crippen LogP contribution in [0.4, 0.5) is 0 Å². The van der Waals surface area contributed by atoms with Crippen molar-refractivity contribution in [2.24, 2.45) is 0 Å². The van der Waals surface area contributed by atoms with E-state index in [0.717, 1.165) is 11.4 Å². The molecule has 1 heterocycles. The maximum Gasteiger partial charge on any atom is 0.0726 e. The molecule has 2 aliphatic rings. The molecule has 2 aliphatic carbocycles. The molecule has 0 saturated carbocycles. The Labute approximate surface area is 256 Å². The van der Waals surface area contributed by atoms with Crippen molar-refractivity contribution >= 4 is 39.1 Å². The lowest BCUT2D eigenvalue weighted by Crippen LogP contribution is -2.25. The van der Waals surface area contributed by atoms with E-state index < -0.39 is 0 Å². The van der Waals surface area contributed by atoms with Gasteiger partial charge in [-0.1, -0.05) is 145 Å². The fourth-order valence-corrected chi connectivity index (χ4v) is 7.89. The van der Waals surface area contributed by atoms with Gasteiger partial charge in [-0.05, 0) is 70.0 Å². The summed E-state index contributed by atoms with van der Waals surface area (Å²) in [6.45, 7) is 16.6. The van der Waals surface area contributed by atoms with Gasteiger partial charge in [-0.15, -0.1) is 11.3 Å². The number of halogens is 1. The van der Waals surface area contributed by atoms with Crippen LogP contribution in [0.3, 0.4) is 0 Å². The third-order valence-corrected chi connectivity index (χ3v) is 9.26. The highest BCUT2D eigenvalue weighted by Gasteiger charge is 2.52. The van der Waals surface area contributed by atoms with Gasteiger partial charge >= 0.3 is 0 Å². The van der Waals surface area contributed by atoms with E-state index in [1.165, 1.54) is 71.5 Å². The summed E-state index contributed by atoms with van der Waals surface area (Å²) in [6, 6.07) is 29.1. The molecule has 0 atom stereocenters. The van der Waals surface area contributed by atoms with Crippen molar-refractivity contribution in [3.05, 3.63) is 123 Å². The second-order valence-corrected chi connectivity index (χ2v) is 11.4. The third-order valence-electron chi connectivity index (χ3n) is 7.64. The molecule has 0 nitrogen and oxygen atoms in total. The fourth-order valence-electron chi connectivity index (χ4n) is 6.43. The van der Waals surface area contributed by atoms with Gasteiger partial charge in [-0.3, -0.25) is 0 Å². The number of allylic oxidation sites excluding steroid dienone is 1. The predicted molar refractivity (Wildman–Crippen MR) is 186 cm³/mol. The molecule has 0 aliphatic heterocycles. The Bertz CT molecular complexity index is 1640. The second kappa shape index (κ2) is 13.2. The Morgan fingerprint density at radius 3 is 1.85 bits per heavy atom. The van der Waals surface area contributed by atoms with Gasteiger partial charge in [0.25, 0.3) is 0 Å². The number of thiophene rings is 1. The summed E-state index contributed by atoms with van der Waals surface area (Å²) in [7, 11) is 0. The SMILES string of the molecule is C/C=C\c1c(CC)sc2c3c(ccc12)C1(c2ccccc2-c2ccccc21)c1cc(Cl)ccc1-3.CC.CC.CCC. The van der Waals surface area contributed by atoms with Crippen LogP contribution in [-0.4, -0.2) is 0 Å². The largest absolute Gasteiger partial charge is 0.139 e. The normalized spacial score (nSPS) is 12.8. The smallest absolute Gasteiger partial charge is 0.0726 e. The van der Waals surface area contributed by atoms with E-state index in [4.69, 9.17) is 11.6 Å². The zero-order valence-electron chi connectivity index (χ0n) is 25.9. The van der Waals surface area contributed by atoms with Gasteiger partial charge in [0.2, 0.25) is 0 Å². The average molecular weight is 579 g/mol. The van der Waals surface area contributed by atoms with E-state index in [1.807, 2.05) is 39.0 Å². The van der Waals surface area contributed by atoms with Crippen molar-refractivity contribution in [3.8, 4) is 22.3 Å². The van der Waals surface area contributed by atoms with Crippen LogP contribution in [0.5, 0.6) is 0 Å². The molecule has 0 radical (unpaired) electrons. The molecule has 212 valence electrons. The van der Waals surface area contributed by atoms with Crippen LogP contribution in [0, 0.1) is 0 Å². The molecule has 0 amide bonds. The highest BCUT2D eigenvalue weighted by molar-refractivity contribution is 7.20. The van der Waals surface area contributed by atoms with Crippen molar-refractivity contribution in [3.63, 3.8) is 0 Å². The summed E-state index contributed by atoms with van der Waals surface area (Å²) in [5, 5.41) is 2.15. The quantitative estimate of drug-likeness (QED) is 0.191. The Hall–Kier alpha value is -3.13. The summed E-state index contributed by atoms with van der Waals surface area (Å²) >= 11 is 8.64. The van der Waals surface area contributed by atoms with Gasteiger partial charge in [0.1, 0.15) is 0 Å². The molecule has 0 fully saturated rings. The average Bonchev–Trinajstić information content (AvgIpc) is 3.63. The van der Waals surface area contributed by atoms with Gasteiger partial charge in [-0.2, -0.15) is 0 Å². The van der Waals surface area contributed by atoms with Crippen LogP contribution >= 0.6 is 22.9 Å². The highest BCUT2D eigenvalue weighted by atomic mass is 35.5. The maximum absolute atomic E-state index is 6.69. The fraction of sp³-hybridized carbons (Fsp3) is 0.282. The van der Waals surface area contributed by atoms with Crippen LogP contribution < -0.4 is 0 Å². The molecule has 2 heteroatoms. The summed E-state index contributed by atoms with van der Waals surface area (Å²) < 4.78 is 1.39. The summed E-state index contributed by atoms with van der Waals surface area (Å²) in [6.07, 6.45) is 6.72. The number of aryl methyl sites for hydroxylation is 1. The Morgan fingerprint density at radius 1 is 0.707 bits per heavy atom. The molecule has 0 N–H and O–H groups in total. The van der Waals surface area contributed by atoms with Crippen molar-refractivity contribution in [2.75, 3.05) is 0 Å². The summed E-state index contributed by atoms with van der Waals surface area (Å²) in [4.78, 5) is 1.45. The van der Waals surface area contributed by atoms with E-state index in [0.29, 0.717) is 0 Å². The van der Waals surface area contributed by atoms with E-state index in [2.05, 4.69) is 119 Å². The number of hydrogen-bond donors (Lipinski definition) is 0. The molecule has 0 bridgehead atoms. The predicted octanol–water partition coefficient (Wildman–Crippen LogP) is 13.0. The number of rotatable bonds is 2. The standard InChI is InChI=1S/C32H23ClS.C3H8.2C2H6/c1-3-9-22-23-16-17-27-30(31(23)34-29(22)4-2)24-15-14-19(33)18-28(24)32(27)25-12-7-5-10-20(25)21-11-6-8-13-26(21)32;1-3-2;2*1-2/h3,5-18H,4H2,1-2H3;3H2,1-2H3;2*1-2H3/b9-3-;;;. The highest BCUT2D eigenvalue weighted by Crippen LogP contribution is 2.64. The minimum absolute atomic E-state index is 0.339. The molecule has 7 rings (SSSR count). The number of fused-ring (bicyclic) bond motifs is 12. The lowest BCUT2D eigenvalue weighted by atomic mass is 9.70. The van der Waals surface area contributed by atoms with Crippen LogP contribution in [0.1, 0.15) is 94.5 Å². The Kier molecular flexibility index (Phi) is 9.95. The monoisotopic (exact) mass is 578 g/mol. The van der Waals surface area contributed by atoms with E-state index >= 15 is 0 Å². The van der Waals surface area contributed by atoms with Gasteiger partial charge < -0.3 is 0 Å². The van der Waals surface area contributed by atoms with E-state index in [-0.39, 0.29) is 5.41 Å². The van der Waals surface area contributed by atoms with Crippen molar-refractivity contribution in [1.82, 2.24) is 0 Å². The molecule has 0 unspecified atom stereocenters. The van der Waals surface area contributed by atoms with E-state index in [1.54, 1.807) is 0 Å². The first-order valence-electron chi connectivity index (χ1n) is 15.3. The second-order valence-electron chi connectivity index (χ2n) is 9.90. The van der Waals surface area contributed by atoms with Crippen LogP contribution in [0.2, 0.25) is 5.02 Å². The lowest BCUT2D eigenvalue weighted by Gasteiger charge is -2.30. The molecule has 1 aromatic heterocycles. The van der Waals surface area contributed by atoms with Crippen LogP contribution in [-0.2, 0) is 11.8 Å². The minimum atomic E-state index is -0.339. The lowest BCUT2D eigenvalue weighted by molar-refractivity contribution is 0.794. The van der Waals surface area contributed by atoms with E-state index in [9.17, 15) is 0 Å². The zero-order valence-corrected chi connectivity index (χ0v) is 27.4. The van der Waals surface area contributed by atoms with Crippen molar-refractivity contribution in [2.45, 2.75) is 73.6 Å². The van der Waals surface area contributed by atoms with Crippen LogP contribution in [0.15, 0.2) is 84.9 Å². The number of benzene rings is 4. The first-order chi connectivity index (χ1) is 20.1. The summed E-state index contributed by atoms with van der Waals surface area (Å²) in [5.74, 6) is 0. The molecular weight excluding hydrogens is 536 g/mol. The van der Waals surface area contributed by atoms with Gasteiger partial charge in [0, 0.05) is 25.5 Å². The Morgan fingerprint density at radius 2 is 1.29 bits per heavy atom. The van der Waals surface area contributed by atoms with Gasteiger partial charge in [-0.25, -0.2) is 0 Å². The minimum Gasteiger partial charge on any atom is -0.139 e. The number of hydrogen-bond acceptors (Lipinski definition) is 1.